The SMILES string of the molecule is CCN1CCN(c2cccc(Nc3ccc(C(=O)OCCOC)cc3[N+](=O)[O-])c2)CC1. The number of nitro benzene ring substituents is 1. The fourth-order valence-corrected chi connectivity index (χ4v) is 3.47. The molecular weight excluding hydrogens is 400 g/mol. The summed E-state index contributed by atoms with van der Waals surface area (Å²) in [6.07, 6.45) is 0. The van der Waals surface area contributed by atoms with E-state index in [0.29, 0.717) is 5.69 Å². The maximum Gasteiger partial charge on any atom is 0.338 e. The number of benzene rings is 2. The molecule has 0 amide bonds. The largest absolute Gasteiger partial charge is 0.460 e. The minimum absolute atomic E-state index is 0.0858. The van der Waals surface area contributed by atoms with Crippen LogP contribution >= 0.6 is 0 Å². The van der Waals surface area contributed by atoms with E-state index >= 15 is 0 Å². The number of nitro groups is 1. The van der Waals surface area contributed by atoms with Crippen LogP contribution in [0.1, 0.15) is 17.3 Å². The molecule has 1 aliphatic heterocycles. The highest BCUT2D eigenvalue weighted by Gasteiger charge is 2.20. The molecule has 0 unspecified atom stereocenters. The Balaban J connectivity index is 1.74. The van der Waals surface area contributed by atoms with Crippen LogP contribution in [0.15, 0.2) is 42.5 Å². The molecule has 166 valence electrons. The van der Waals surface area contributed by atoms with Gasteiger partial charge in [-0.1, -0.05) is 13.0 Å². The van der Waals surface area contributed by atoms with Gasteiger partial charge in [0.05, 0.1) is 17.1 Å². The Morgan fingerprint density at radius 3 is 2.58 bits per heavy atom. The number of piperazine rings is 1. The quantitative estimate of drug-likeness (QED) is 0.281. The van der Waals surface area contributed by atoms with E-state index in [2.05, 4.69) is 22.0 Å². The number of ether oxygens (including phenoxy) is 2. The molecule has 1 aliphatic rings. The average molecular weight is 428 g/mol. The summed E-state index contributed by atoms with van der Waals surface area (Å²) in [6, 6.07) is 12.1. The van der Waals surface area contributed by atoms with Gasteiger partial charge in [-0.3, -0.25) is 10.1 Å². The Hall–Kier alpha value is -3.17. The van der Waals surface area contributed by atoms with E-state index in [4.69, 9.17) is 9.47 Å². The predicted molar refractivity (Wildman–Crippen MR) is 119 cm³/mol. The van der Waals surface area contributed by atoms with Gasteiger partial charge in [0.1, 0.15) is 12.3 Å². The molecule has 0 radical (unpaired) electrons. The molecule has 0 atom stereocenters. The summed E-state index contributed by atoms with van der Waals surface area (Å²) in [4.78, 5) is 27.9. The molecule has 0 aliphatic carbocycles. The third-order valence-electron chi connectivity index (χ3n) is 5.26. The van der Waals surface area contributed by atoms with Crippen molar-refractivity contribution in [1.82, 2.24) is 4.90 Å². The molecule has 2 aromatic carbocycles. The molecule has 0 spiro atoms. The summed E-state index contributed by atoms with van der Waals surface area (Å²) in [7, 11) is 1.50. The molecule has 1 fully saturated rings. The lowest BCUT2D eigenvalue weighted by molar-refractivity contribution is -0.383. The zero-order chi connectivity index (χ0) is 22.2. The maximum atomic E-state index is 12.1. The first-order valence-electron chi connectivity index (χ1n) is 10.3. The molecule has 1 saturated heterocycles. The topological polar surface area (TPSA) is 97.2 Å². The van der Waals surface area contributed by atoms with Crippen LogP contribution in [0, 0.1) is 10.1 Å². The molecule has 0 aromatic heterocycles. The van der Waals surface area contributed by atoms with Crippen LogP contribution in [0.4, 0.5) is 22.7 Å². The lowest BCUT2D eigenvalue weighted by Gasteiger charge is -2.35. The summed E-state index contributed by atoms with van der Waals surface area (Å²) < 4.78 is 9.88. The van der Waals surface area contributed by atoms with Gasteiger partial charge in [-0.25, -0.2) is 4.79 Å². The number of esters is 1. The highest BCUT2D eigenvalue weighted by atomic mass is 16.6. The van der Waals surface area contributed by atoms with Gasteiger partial charge in [-0.15, -0.1) is 0 Å². The second-order valence-corrected chi connectivity index (χ2v) is 7.21. The Kier molecular flexibility index (Phi) is 7.80. The summed E-state index contributed by atoms with van der Waals surface area (Å²) in [5, 5.41) is 14.7. The predicted octanol–water partition coefficient (Wildman–Crippen LogP) is 3.28. The van der Waals surface area contributed by atoms with Crippen molar-refractivity contribution in [2.45, 2.75) is 6.92 Å². The molecule has 9 heteroatoms. The fraction of sp³-hybridized carbons (Fsp3) is 0.409. The van der Waals surface area contributed by atoms with Gasteiger partial charge >= 0.3 is 5.97 Å². The number of hydrogen-bond acceptors (Lipinski definition) is 8. The van der Waals surface area contributed by atoms with Crippen molar-refractivity contribution in [3.63, 3.8) is 0 Å². The molecular formula is C22H28N4O5. The number of carbonyl (C=O) groups is 1. The average Bonchev–Trinajstić information content (AvgIpc) is 2.79. The minimum atomic E-state index is -0.625. The first-order chi connectivity index (χ1) is 15.0. The summed E-state index contributed by atoms with van der Waals surface area (Å²) in [5.41, 5.74) is 2.06. The minimum Gasteiger partial charge on any atom is -0.460 e. The summed E-state index contributed by atoms with van der Waals surface area (Å²) >= 11 is 0. The number of hydrogen-bond donors (Lipinski definition) is 1. The van der Waals surface area contributed by atoms with Crippen molar-refractivity contribution in [2.75, 3.05) is 63.3 Å². The van der Waals surface area contributed by atoms with E-state index in [0.717, 1.165) is 44.1 Å². The number of rotatable bonds is 9. The van der Waals surface area contributed by atoms with Crippen LogP contribution in [-0.4, -0.2) is 68.8 Å². The summed E-state index contributed by atoms with van der Waals surface area (Å²) in [6.45, 7) is 7.48. The van der Waals surface area contributed by atoms with Crippen molar-refractivity contribution >= 4 is 28.7 Å². The number of carbonyl (C=O) groups excluding carboxylic acids is 1. The van der Waals surface area contributed by atoms with Crippen LogP contribution < -0.4 is 10.2 Å². The zero-order valence-electron chi connectivity index (χ0n) is 17.9. The molecule has 0 saturated carbocycles. The van der Waals surface area contributed by atoms with E-state index in [9.17, 15) is 14.9 Å². The highest BCUT2D eigenvalue weighted by molar-refractivity contribution is 5.91. The molecule has 1 heterocycles. The van der Waals surface area contributed by atoms with Crippen molar-refractivity contribution < 1.29 is 19.2 Å². The van der Waals surface area contributed by atoms with E-state index in [1.54, 1.807) is 0 Å². The standard InChI is InChI=1S/C22H28N4O5/c1-3-24-9-11-25(12-10-24)19-6-4-5-18(16-19)23-20-8-7-17(15-21(20)26(28)29)22(27)31-14-13-30-2/h4-8,15-16,23H,3,9-14H2,1-2H3. The van der Waals surface area contributed by atoms with Crippen molar-refractivity contribution in [1.29, 1.82) is 0 Å². The lowest BCUT2D eigenvalue weighted by atomic mass is 10.1. The van der Waals surface area contributed by atoms with Gasteiger partial charge in [-0.2, -0.15) is 0 Å². The number of nitrogens with one attached hydrogen (secondary N) is 1. The number of anilines is 3. The van der Waals surface area contributed by atoms with Crippen LogP contribution in [-0.2, 0) is 9.47 Å². The number of methoxy groups -OCH3 is 1. The summed E-state index contributed by atoms with van der Waals surface area (Å²) in [5.74, 6) is -0.625. The van der Waals surface area contributed by atoms with Crippen LogP contribution in [0.3, 0.4) is 0 Å². The zero-order valence-corrected chi connectivity index (χ0v) is 17.9. The Morgan fingerprint density at radius 2 is 1.90 bits per heavy atom. The van der Waals surface area contributed by atoms with Crippen molar-refractivity contribution in [2.24, 2.45) is 0 Å². The Morgan fingerprint density at radius 1 is 1.13 bits per heavy atom. The van der Waals surface area contributed by atoms with Crippen LogP contribution in [0.5, 0.6) is 0 Å². The number of likely N-dealkylation sites (N-methyl/N-ethyl adjacent to an activating group) is 1. The Bertz CT molecular complexity index is 913. The third-order valence-corrected chi connectivity index (χ3v) is 5.26. The smallest absolute Gasteiger partial charge is 0.338 e. The van der Waals surface area contributed by atoms with Crippen LogP contribution in [0.25, 0.3) is 0 Å². The van der Waals surface area contributed by atoms with E-state index in [1.807, 2.05) is 24.3 Å². The second-order valence-electron chi connectivity index (χ2n) is 7.21. The maximum absolute atomic E-state index is 12.1. The normalized spacial score (nSPS) is 14.3. The molecule has 3 rings (SSSR count). The fourth-order valence-electron chi connectivity index (χ4n) is 3.47. The second kappa shape index (κ2) is 10.7. The highest BCUT2D eigenvalue weighted by Crippen LogP contribution is 2.30. The van der Waals surface area contributed by atoms with E-state index < -0.39 is 10.9 Å². The van der Waals surface area contributed by atoms with Gasteiger partial charge in [0, 0.05) is 50.7 Å². The van der Waals surface area contributed by atoms with E-state index in [-0.39, 0.29) is 24.5 Å². The number of nitrogens with zero attached hydrogens (tertiary/aromatic N) is 3. The molecule has 0 bridgehead atoms. The Labute approximate surface area is 181 Å². The monoisotopic (exact) mass is 428 g/mol. The molecule has 31 heavy (non-hydrogen) atoms. The van der Waals surface area contributed by atoms with Gasteiger partial charge in [0.25, 0.3) is 5.69 Å². The van der Waals surface area contributed by atoms with Crippen LogP contribution in [0.2, 0.25) is 0 Å². The van der Waals surface area contributed by atoms with Crippen molar-refractivity contribution in [3.8, 4) is 0 Å². The van der Waals surface area contributed by atoms with Crippen molar-refractivity contribution in [3.05, 3.63) is 58.1 Å². The first-order valence-corrected chi connectivity index (χ1v) is 10.3. The first kappa shape index (κ1) is 22.5. The third kappa shape index (κ3) is 5.93. The van der Waals surface area contributed by atoms with Gasteiger partial charge < -0.3 is 24.6 Å². The lowest BCUT2D eigenvalue weighted by Crippen LogP contribution is -2.46. The van der Waals surface area contributed by atoms with Gasteiger partial charge in [-0.05, 0) is 36.9 Å². The molecule has 1 N–H and O–H groups in total. The molecule has 2 aromatic rings. The van der Waals surface area contributed by atoms with Gasteiger partial charge in [0.2, 0.25) is 0 Å². The van der Waals surface area contributed by atoms with E-state index in [1.165, 1.54) is 25.3 Å². The molecule has 9 nitrogen and oxygen atoms in total. The van der Waals surface area contributed by atoms with Gasteiger partial charge in [0.15, 0.2) is 0 Å².